The van der Waals surface area contributed by atoms with E-state index >= 15 is 0 Å². The molecule has 0 N–H and O–H groups in total. The van der Waals surface area contributed by atoms with Crippen LogP contribution >= 0.6 is 15.9 Å². The second kappa shape index (κ2) is 8.51. The molecule has 0 unspecified atom stereocenters. The van der Waals surface area contributed by atoms with Gasteiger partial charge in [0.25, 0.3) is 0 Å². The molecule has 4 aromatic rings. The summed E-state index contributed by atoms with van der Waals surface area (Å²) in [7, 11) is 1.36. The van der Waals surface area contributed by atoms with Gasteiger partial charge < -0.3 is 13.7 Å². The van der Waals surface area contributed by atoms with Gasteiger partial charge in [-0.15, -0.1) is 0 Å². The first kappa shape index (κ1) is 21.1. The van der Waals surface area contributed by atoms with Crippen molar-refractivity contribution in [2.45, 2.75) is 26.8 Å². The molecule has 2 aromatic carbocycles. The number of hydrogen-bond donors (Lipinski definition) is 0. The summed E-state index contributed by atoms with van der Waals surface area (Å²) >= 11 is 3.65. The summed E-state index contributed by atoms with van der Waals surface area (Å²) in [6.45, 7) is 4.40. The smallest absolute Gasteiger partial charge is 0.338 e. The average Bonchev–Trinajstić information content (AvgIpc) is 3.28. The number of aldehydes is 1. The standard InChI is InChI=1S/C24H21BrN2O4/c1-4-21-26-14(2)19(13-28)27(21)12-15-9-10-20-18(11-15)22(25)23(31-20)16-7-5-6-8-17(16)24(29)30-3/h5-11,13H,4,12H2,1-3H3. The summed E-state index contributed by atoms with van der Waals surface area (Å²) < 4.78 is 13.7. The van der Waals surface area contributed by atoms with Gasteiger partial charge in [-0.3, -0.25) is 4.79 Å². The number of furan rings is 1. The van der Waals surface area contributed by atoms with E-state index in [1.807, 2.05) is 48.7 Å². The number of aromatic nitrogens is 2. The van der Waals surface area contributed by atoms with E-state index in [1.165, 1.54) is 7.11 Å². The van der Waals surface area contributed by atoms with Crippen molar-refractivity contribution in [3.63, 3.8) is 0 Å². The summed E-state index contributed by atoms with van der Waals surface area (Å²) in [6, 6.07) is 13.1. The molecular weight excluding hydrogens is 460 g/mol. The van der Waals surface area contributed by atoms with Crippen molar-refractivity contribution >= 4 is 39.2 Å². The molecule has 0 fully saturated rings. The van der Waals surface area contributed by atoms with E-state index in [0.29, 0.717) is 34.7 Å². The third kappa shape index (κ3) is 3.70. The van der Waals surface area contributed by atoms with Crippen LogP contribution in [0, 0.1) is 6.92 Å². The highest BCUT2D eigenvalue weighted by molar-refractivity contribution is 9.10. The first-order valence-electron chi connectivity index (χ1n) is 9.88. The van der Waals surface area contributed by atoms with Gasteiger partial charge in [0.2, 0.25) is 0 Å². The Morgan fingerprint density at radius 2 is 2.03 bits per heavy atom. The Morgan fingerprint density at radius 1 is 1.26 bits per heavy atom. The van der Waals surface area contributed by atoms with Gasteiger partial charge in [-0.25, -0.2) is 9.78 Å². The van der Waals surface area contributed by atoms with Crippen molar-refractivity contribution in [2.75, 3.05) is 7.11 Å². The summed E-state index contributed by atoms with van der Waals surface area (Å²) in [4.78, 5) is 28.3. The molecule has 2 heterocycles. The van der Waals surface area contributed by atoms with Gasteiger partial charge in [0.05, 0.1) is 22.8 Å². The molecule has 0 saturated carbocycles. The van der Waals surface area contributed by atoms with Crippen molar-refractivity contribution in [3.05, 3.63) is 75.3 Å². The number of methoxy groups -OCH3 is 1. The number of carbonyl (C=O) groups is 2. The number of esters is 1. The lowest BCUT2D eigenvalue weighted by Crippen LogP contribution is -2.08. The molecule has 0 aliphatic heterocycles. The zero-order chi connectivity index (χ0) is 22.1. The van der Waals surface area contributed by atoms with Gasteiger partial charge in [-0.2, -0.15) is 0 Å². The molecule has 6 nitrogen and oxygen atoms in total. The molecule has 0 atom stereocenters. The molecule has 0 saturated heterocycles. The van der Waals surface area contributed by atoms with Crippen LogP contribution in [0.4, 0.5) is 0 Å². The van der Waals surface area contributed by atoms with Crippen LogP contribution in [0.2, 0.25) is 0 Å². The van der Waals surface area contributed by atoms with Crippen LogP contribution in [-0.4, -0.2) is 28.9 Å². The zero-order valence-corrected chi connectivity index (χ0v) is 19.0. The van der Waals surface area contributed by atoms with E-state index in [1.54, 1.807) is 12.1 Å². The van der Waals surface area contributed by atoms with Gasteiger partial charge in [0.1, 0.15) is 22.9 Å². The van der Waals surface area contributed by atoms with Crippen LogP contribution in [0.15, 0.2) is 51.4 Å². The van der Waals surface area contributed by atoms with Crippen molar-refractivity contribution in [3.8, 4) is 11.3 Å². The summed E-state index contributed by atoms with van der Waals surface area (Å²) in [6.07, 6.45) is 1.59. The minimum absolute atomic E-state index is 0.424. The molecule has 158 valence electrons. The summed E-state index contributed by atoms with van der Waals surface area (Å²) in [5.41, 5.74) is 4.12. The maximum absolute atomic E-state index is 12.2. The van der Waals surface area contributed by atoms with Crippen LogP contribution in [0.5, 0.6) is 0 Å². The van der Waals surface area contributed by atoms with Crippen LogP contribution in [0.25, 0.3) is 22.3 Å². The van der Waals surface area contributed by atoms with Crippen molar-refractivity contribution in [1.82, 2.24) is 9.55 Å². The van der Waals surface area contributed by atoms with Crippen molar-refractivity contribution < 1.29 is 18.7 Å². The number of benzene rings is 2. The van der Waals surface area contributed by atoms with E-state index < -0.39 is 5.97 Å². The SMILES string of the molecule is CCc1nc(C)c(C=O)n1Cc1ccc2oc(-c3ccccc3C(=O)OC)c(Br)c2c1. The highest BCUT2D eigenvalue weighted by Gasteiger charge is 2.21. The average molecular weight is 481 g/mol. The lowest BCUT2D eigenvalue weighted by Gasteiger charge is -2.09. The first-order valence-corrected chi connectivity index (χ1v) is 10.7. The Morgan fingerprint density at radius 3 is 2.74 bits per heavy atom. The summed E-state index contributed by atoms with van der Waals surface area (Å²) in [5, 5.41) is 0.884. The Kier molecular flexibility index (Phi) is 5.78. The van der Waals surface area contributed by atoms with Crippen molar-refractivity contribution in [2.24, 2.45) is 0 Å². The lowest BCUT2D eigenvalue weighted by molar-refractivity contribution is 0.0601. The minimum atomic E-state index is -0.424. The van der Waals surface area contributed by atoms with Gasteiger partial charge in [0.15, 0.2) is 6.29 Å². The molecule has 0 bridgehead atoms. The van der Waals surface area contributed by atoms with E-state index in [9.17, 15) is 9.59 Å². The molecule has 0 aliphatic rings. The number of fused-ring (bicyclic) bond motifs is 1. The van der Waals surface area contributed by atoms with Gasteiger partial charge in [-0.1, -0.05) is 31.2 Å². The molecule has 7 heteroatoms. The second-order valence-corrected chi connectivity index (χ2v) is 7.96. The fourth-order valence-corrected chi connectivity index (χ4v) is 4.38. The molecule has 0 amide bonds. The predicted molar refractivity (Wildman–Crippen MR) is 122 cm³/mol. The van der Waals surface area contributed by atoms with E-state index in [0.717, 1.165) is 39.6 Å². The molecule has 0 spiro atoms. The molecule has 0 aliphatic carbocycles. The number of hydrogen-bond acceptors (Lipinski definition) is 5. The number of aryl methyl sites for hydroxylation is 2. The monoisotopic (exact) mass is 480 g/mol. The predicted octanol–water partition coefficient (Wildman–Crippen LogP) is 5.58. The number of rotatable bonds is 6. The Balaban J connectivity index is 1.79. The normalized spacial score (nSPS) is 11.1. The van der Waals surface area contributed by atoms with Crippen molar-refractivity contribution in [1.29, 1.82) is 0 Å². The maximum Gasteiger partial charge on any atom is 0.338 e. The fourth-order valence-electron chi connectivity index (χ4n) is 3.78. The second-order valence-electron chi connectivity index (χ2n) is 7.17. The first-order chi connectivity index (χ1) is 15.0. The number of ether oxygens (including phenoxy) is 1. The van der Waals surface area contributed by atoms with E-state index in [2.05, 4.69) is 20.9 Å². The molecule has 2 aromatic heterocycles. The van der Waals surface area contributed by atoms with Gasteiger partial charge in [-0.05, 0) is 46.6 Å². The van der Waals surface area contributed by atoms with Gasteiger partial charge >= 0.3 is 5.97 Å². The Bertz CT molecular complexity index is 1300. The number of halogens is 1. The topological polar surface area (TPSA) is 74.3 Å². The zero-order valence-electron chi connectivity index (χ0n) is 17.4. The highest BCUT2D eigenvalue weighted by Crippen LogP contribution is 2.39. The molecule has 4 rings (SSSR count). The Hall–Kier alpha value is -3.19. The number of carbonyl (C=O) groups excluding carboxylic acids is 2. The minimum Gasteiger partial charge on any atom is -0.465 e. The van der Waals surface area contributed by atoms with E-state index in [4.69, 9.17) is 9.15 Å². The third-order valence-electron chi connectivity index (χ3n) is 5.31. The molecule has 31 heavy (non-hydrogen) atoms. The highest BCUT2D eigenvalue weighted by atomic mass is 79.9. The maximum atomic E-state index is 12.2. The van der Waals surface area contributed by atoms with Crippen LogP contribution in [0.1, 0.15) is 44.9 Å². The lowest BCUT2D eigenvalue weighted by atomic mass is 10.0. The molecular formula is C24H21BrN2O4. The number of imidazole rings is 1. The van der Waals surface area contributed by atoms with Gasteiger partial charge in [0, 0.05) is 23.9 Å². The van der Waals surface area contributed by atoms with Crippen LogP contribution in [0.3, 0.4) is 0 Å². The van der Waals surface area contributed by atoms with E-state index in [-0.39, 0.29) is 0 Å². The largest absolute Gasteiger partial charge is 0.465 e. The molecule has 0 radical (unpaired) electrons. The summed E-state index contributed by atoms with van der Waals surface area (Å²) in [5.74, 6) is 1.01. The quantitative estimate of drug-likeness (QED) is 0.266. The van der Waals surface area contributed by atoms with Crippen LogP contribution in [-0.2, 0) is 17.7 Å². The number of nitrogens with zero attached hydrogens (tertiary/aromatic N) is 2. The third-order valence-corrected chi connectivity index (χ3v) is 6.09. The fraction of sp³-hybridized carbons (Fsp3) is 0.208. The van der Waals surface area contributed by atoms with Crippen LogP contribution < -0.4 is 0 Å². The Labute approximate surface area is 188 Å².